The molecule has 7 nitrogen and oxygen atoms in total. The fourth-order valence-corrected chi connectivity index (χ4v) is 3.64. The van der Waals surface area contributed by atoms with Crippen molar-refractivity contribution in [2.24, 2.45) is 0 Å². The van der Waals surface area contributed by atoms with E-state index in [0.717, 1.165) is 41.9 Å². The molecular weight excluding hydrogens is 328 g/mol. The number of aromatic nitrogens is 5. The molecule has 0 amide bonds. The van der Waals surface area contributed by atoms with Crippen molar-refractivity contribution >= 4 is 22.5 Å². The second-order valence-corrected chi connectivity index (χ2v) is 6.40. The Hall–Kier alpha value is -3.22. The normalized spacial score (nSPS) is 17.2. The molecule has 4 heterocycles. The van der Waals surface area contributed by atoms with Gasteiger partial charge in [0.25, 0.3) is 5.78 Å². The minimum absolute atomic E-state index is 0.289. The highest BCUT2D eigenvalue weighted by Gasteiger charge is 2.27. The molecular formula is C19H18N6O. The van der Waals surface area contributed by atoms with Crippen LogP contribution in [0.4, 0.5) is 5.82 Å². The van der Waals surface area contributed by atoms with Crippen LogP contribution in [0.5, 0.6) is 5.75 Å². The fraction of sp³-hybridized carbons (Fsp3) is 0.263. The molecule has 130 valence electrons. The number of ether oxygens (including phenoxy) is 1. The van der Waals surface area contributed by atoms with Crippen molar-refractivity contribution in [3.8, 4) is 5.75 Å². The van der Waals surface area contributed by atoms with Gasteiger partial charge < -0.3 is 9.64 Å². The van der Waals surface area contributed by atoms with Crippen LogP contribution in [0.15, 0.2) is 55.1 Å². The summed E-state index contributed by atoms with van der Waals surface area (Å²) in [6.07, 6.45) is 7.34. The van der Waals surface area contributed by atoms with Crippen molar-refractivity contribution in [3.63, 3.8) is 0 Å². The number of benzene rings is 1. The lowest BCUT2D eigenvalue weighted by atomic mass is 10.2. The van der Waals surface area contributed by atoms with E-state index in [4.69, 9.17) is 4.74 Å². The lowest BCUT2D eigenvalue weighted by molar-refractivity contribution is 0.291. The number of rotatable bonds is 4. The van der Waals surface area contributed by atoms with Gasteiger partial charge in [-0.1, -0.05) is 6.07 Å². The lowest BCUT2D eigenvalue weighted by Crippen LogP contribution is -2.35. The molecule has 0 saturated carbocycles. The average molecular weight is 346 g/mol. The van der Waals surface area contributed by atoms with E-state index < -0.39 is 0 Å². The summed E-state index contributed by atoms with van der Waals surface area (Å²) in [5.74, 6) is 2.51. The van der Waals surface area contributed by atoms with E-state index in [0.29, 0.717) is 12.4 Å². The molecule has 0 N–H and O–H groups in total. The predicted octanol–water partition coefficient (Wildman–Crippen LogP) is 2.72. The summed E-state index contributed by atoms with van der Waals surface area (Å²) in [7, 11) is 0. The molecule has 5 rings (SSSR count). The van der Waals surface area contributed by atoms with Crippen LogP contribution < -0.4 is 9.64 Å². The van der Waals surface area contributed by atoms with E-state index in [9.17, 15) is 0 Å². The Morgan fingerprint density at radius 1 is 1.04 bits per heavy atom. The SMILES string of the molecule is c1cc(OC[C@H]2CCCN2c2ccnc3ncnn23)c2cccnc2c1. The quantitative estimate of drug-likeness (QED) is 0.566. The third kappa shape index (κ3) is 2.52. The van der Waals surface area contributed by atoms with E-state index in [1.165, 1.54) is 6.33 Å². The first kappa shape index (κ1) is 15.1. The Morgan fingerprint density at radius 2 is 2.04 bits per heavy atom. The highest BCUT2D eigenvalue weighted by Crippen LogP contribution is 2.28. The van der Waals surface area contributed by atoms with Gasteiger partial charge in [0.05, 0.1) is 11.6 Å². The van der Waals surface area contributed by atoms with Gasteiger partial charge in [-0.25, -0.2) is 4.98 Å². The van der Waals surface area contributed by atoms with E-state index in [1.54, 1.807) is 16.9 Å². The second kappa shape index (κ2) is 6.25. The van der Waals surface area contributed by atoms with Gasteiger partial charge in [0.1, 0.15) is 24.5 Å². The Labute approximate surface area is 150 Å². The molecule has 0 spiro atoms. The summed E-state index contributed by atoms with van der Waals surface area (Å²) in [5, 5.41) is 5.35. The Morgan fingerprint density at radius 3 is 3.04 bits per heavy atom. The van der Waals surface area contributed by atoms with Gasteiger partial charge in [0.2, 0.25) is 0 Å². The van der Waals surface area contributed by atoms with E-state index in [1.807, 2.05) is 36.4 Å². The molecule has 0 aliphatic carbocycles. The zero-order valence-electron chi connectivity index (χ0n) is 14.2. The number of hydrogen-bond donors (Lipinski definition) is 0. The highest BCUT2D eigenvalue weighted by molar-refractivity contribution is 5.84. The second-order valence-electron chi connectivity index (χ2n) is 6.40. The Balaban J connectivity index is 1.40. The van der Waals surface area contributed by atoms with Gasteiger partial charge in [0.15, 0.2) is 0 Å². The van der Waals surface area contributed by atoms with Crippen LogP contribution >= 0.6 is 0 Å². The number of nitrogens with zero attached hydrogens (tertiary/aromatic N) is 6. The lowest BCUT2D eigenvalue weighted by Gasteiger charge is -2.26. The molecule has 1 saturated heterocycles. The minimum Gasteiger partial charge on any atom is -0.491 e. The van der Waals surface area contributed by atoms with Crippen LogP contribution in [-0.2, 0) is 0 Å². The summed E-state index contributed by atoms with van der Waals surface area (Å²) in [4.78, 5) is 15.2. The molecule has 4 aromatic rings. The van der Waals surface area contributed by atoms with E-state index in [-0.39, 0.29) is 6.04 Å². The van der Waals surface area contributed by atoms with E-state index in [2.05, 4.69) is 25.0 Å². The topological polar surface area (TPSA) is 68.4 Å². The maximum Gasteiger partial charge on any atom is 0.254 e. The van der Waals surface area contributed by atoms with Crippen LogP contribution in [-0.4, -0.2) is 43.8 Å². The molecule has 1 aromatic carbocycles. The van der Waals surface area contributed by atoms with E-state index >= 15 is 0 Å². The molecule has 0 unspecified atom stereocenters. The molecule has 26 heavy (non-hydrogen) atoms. The largest absolute Gasteiger partial charge is 0.491 e. The number of hydrogen-bond acceptors (Lipinski definition) is 6. The Bertz CT molecular complexity index is 1060. The summed E-state index contributed by atoms with van der Waals surface area (Å²) in [5.41, 5.74) is 0.951. The Kier molecular flexibility index (Phi) is 3.62. The summed E-state index contributed by atoms with van der Waals surface area (Å²) in [6.45, 7) is 1.59. The van der Waals surface area contributed by atoms with Gasteiger partial charge in [-0.15, -0.1) is 0 Å². The molecule has 0 bridgehead atoms. The van der Waals surface area contributed by atoms with Gasteiger partial charge >= 0.3 is 0 Å². The van der Waals surface area contributed by atoms with Gasteiger partial charge in [0, 0.05) is 24.3 Å². The van der Waals surface area contributed by atoms with Gasteiger partial charge in [-0.05, 0) is 43.2 Å². The van der Waals surface area contributed by atoms with Crippen LogP contribution in [0.25, 0.3) is 16.7 Å². The first-order chi connectivity index (χ1) is 12.9. The maximum absolute atomic E-state index is 6.21. The van der Waals surface area contributed by atoms with Crippen molar-refractivity contribution in [1.29, 1.82) is 0 Å². The first-order valence-electron chi connectivity index (χ1n) is 8.78. The van der Waals surface area contributed by atoms with Crippen molar-refractivity contribution in [3.05, 3.63) is 55.1 Å². The number of fused-ring (bicyclic) bond motifs is 2. The van der Waals surface area contributed by atoms with Crippen LogP contribution in [0, 0.1) is 0 Å². The van der Waals surface area contributed by atoms with Crippen molar-refractivity contribution < 1.29 is 4.74 Å². The average Bonchev–Trinajstić information content (AvgIpc) is 3.35. The van der Waals surface area contributed by atoms with Crippen molar-refractivity contribution in [1.82, 2.24) is 24.6 Å². The molecule has 0 radical (unpaired) electrons. The van der Waals surface area contributed by atoms with Crippen LogP contribution in [0.2, 0.25) is 0 Å². The third-order valence-electron chi connectivity index (χ3n) is 4.87. The highest BCUT2D eigenvalue weighted by atomic mass is 16.5. The predicted molar refractivity (Wildman–Crippen MR) is 98.4 cm³/mol. The molecule has 7 heteroatoms. The summed E-state index contributed by atoms with van der Waals surface area (Å²) < 4.78 is 8.00. The zero-order chi connectivity index (χ0) is 17.3. The number of pyridine rings is 1. The minimum atomic E-state index is 0.289. The fourth-order valence-electron chi connectivity index (χ4n) is 3.64. The standard InChI is InChI=1S/C19H18N6O/c1-6-16-15(5-2-9-20-16)17(7-1)26-12-14-4-3-11-24(14)18-8-10-21-19-22-13-23-25(18)19/h1-2,5-10,13-14H,3-4,11-12H2/t14-/m1/s1. The van der Waals surface area contributed by atoms with Crippen LogP contribution in [0.1, 0.15) is 12.8 Å². The molecule has 1 fully saturated rings. The van der Waals surface area contributed by atoms with Crippen LogP contribution in [0.3, 0.4) is 0 Å². The number of anilines is 1. The smallest absolute Gasteiger partial charge is 0.254 e. The molecule has 1 aliphatic rings. The summed E-state index contributed by atoms with van der Waals surface area (Å²) >= 11 is 0. The first-order valence-corrected chi connectivity index (χ1v) is 8.78. The maximum atomic E-state index is 6.21. The zero-order valence-corrected chi connectivity index (χ0v) is 14.2. The van der Waals surface area contributed by atoms with Crippen molar-refractivity contribution in [2.45, 2.75) is 18.9 Å². The monoisotopic (exact) mass is 346 g/mol. The molecule has 1 aliphatic heterocycles. The summed E-state index contributed by atoms with van der Waals surface area (Å²) in [6, 6.07) is 12.3. The third-order valence-corrected chi connectivity index (χ3v) is 4.87. The van der Waals surface area contributed by atoms with Crippen molar-refractivity contribution in [2.75, 3.05) is 18.1 Å². The van der Waals surface area contributed by atoms with Gasteiger partial charge in [-0.2, -0.15) is 14.6 Å². The molecule has 3 aromatic heterocycles. The van der Waals surface area contributed by atoms with Gasteiger partial charge in [-0.3, -0.25) is 4.98 Å². The molecule has 1 atom stereocenters.